The summed E-state index contributed by atoms with van der Waals surface area (Å²) in [6.07, 6.45) is 0. The van der Waals surface area contributed by atoms with Gasteiger partial charge < -0.3 is 9.64 Å². The minimum Gasteiger partial charge on any atom is -0.463 e. The van der Waals surface area contributed by atoms with Crippen LogP contribution in [0.15, 0.2) is 35.5 Å². The summed E-state index contributed by atoms with van der Waals surface area (Å²) in [4.78, 5) is 14.5. The molecule has 0 aromatic heterocycles. The quantitative estimate of drug-likeness (QED) is 0.791. The van der Waals surface area contributed by atoms with Gasteiger partial charge in [0.15, 0.2) is 0 Å². The fourth-order valence-electron chi connectivity index (χ4n) is 3.16. The van der Waals surface area contributed by atoms with Gasteiger partial charge >= 0.3 is 5.97 Å². The van der Waals surface area contributed by atoms with Gasteiger partial charge in [-0.2, -0.15) is 5.26 Å². The molecular formula is C18H21ClN2O2. The average molecular weight is 333 g/mol. The Hall–Kier alpha value is -1.99. The van der Waals surface area contributed by atoms with E-state index < -0.39 is 0 Å². The first-order valence-electron chi connectivity index (χ1n) is 7.68. The number of rotatable bonds is 3. The van der Waals surface area contributed by atoms with Gasteiger partial charge in [-0.3, -0.25) is 0 Å². The Balaban J connectivity index is 2.67. The fraction of sp³-hybridized carbons (Fsp3) is 0.444. The van der Waals surface area contributed by atoms with Crippen LogP contribution < -0.4 is 0 Å². The lowest BCUT2D eigenvalue weighted by Crippen LogP contribution is -2.44. The monoisotopic (exact) mass is 332 g/mol. The van der Waals surface area contributed by atoms with Crippen molar-refractivity contribution in [2.75, 3.05) is 13.7 Å². The molecule has 3 unspecified atom stereocenters. The number of hydrogen-bond acceptors (Lipinski definition) is 4. The van der Waals surface area contributed by atoms with E-state index in [4.69, 9.17) is 16.3 Å². The van der Waals surface area contributed by atoms with Gasteiger partial charge in [-0.25, -0.2) is 4.79 Å². The molecule has 2 rings (SSSR count). The smallest absolute Gasteiger partial charge is 0.336 e. The Bertz CT molecular complexity index is 678. The highest BCUT2D eigenvalue weighted by molar-refractivity contribution is 6.31. The summed E-state index contributed by atoms with van der Waals surface area (Å²) < 4.78 is 5.24. The number of esters is 1. The molecule has 1 aliphatic rings. The van der Waals surface area contributed by atoms with Crippen molar-refractivity contribution in [2.45, 2.75) is 32.7 Å². The van der Waals surface area contributed by atoms with E-state index in [-0.39, 0.29) is 23.8 Å². The molecule has 0 aliphatic carbocycles. The minimum atomic E-state index is -0.390. The lowest BCUT2D eigenvalue weighted by Gasteiger charge is -2.42. The third kappa shape index (κ3) is 3.07. The summed E-state index contributed by atoms with van der Waals surface area (Å²) in [6, 6.07) is 9.71. The second kappa shape index (κ2) is 7.06. The maximum absolute atomic E-state index is 12.6. The van der Waals surface area contributed by atoms with E-state index in [1.165, 1.54) is 0 Å². The summed E-state index contributed by atoms with van der Waals surface area (Å²) >= 11 is 6.36. The summed E-state index contributed by atoms with van der Waals surface area (Å²) in [5, 5.41) is 10.3. The van der Waals surface area contributed by atoms with Gasteiger partial charge in [-0.1, -0.05) is 29.8 Å². The van der Waals surface area contributed by atoms with Crippen LogP contribution in [0.4, 0.5) is 0 Å². The molecule has 0 saturated heterocycles. The van der Waals surface area contributed by atoms with Crippen LogP contribution in [0.1, 0.15) is 32.3 Å². The molecule has 23 heavy (non-hydrogen) atoms. The summed E-state index contributed by atoms with van der Waals surface area (Å²) in [5.41, 5.74) is 2.14. The van der Waals surface area contributed by atoms with Crippen LogP contribution in [-0.4, -0.2) is 30.6 Å². The third-order valence-corrected chi connectivity index (χ3v) is 4.95. The molecule has 1 aromatic carbocycles. The van der Waals surface area contributed by atoms with Crippen LogP contribution >= 0.6 is 11.6 Å². The van der Waals surface area contributed by atoms with E-state index >= 15 is 0 Å². The molecule has 0 N–H and O–H groups in total. The van der Waals surface area contributed by atoms with E-state index in [9.17, 15) is 10.1 Å². The van der Waals surface area contributed by atoms with E-state index in [1.807, 2.05) is 44.0 Å². The maximum atomic E-state index is 12.6. The summed E-state index contributed by atoms with van der Waals surface area (Å²) in [7, 11) is 1.90. The molecule has 5 heteroatoms. The first-order valence-corrected chi connectivity index (χ1v) is 8.06. The molecule has 0 radical (unpaired) electrons. The van der Waals surface area contributed by atoms with Gasteiger partial charge in [-0.15, -0.1) is 0 Å². The second-order valence-electron chi connectivity index (χ2n) is 5.73. The van der Waals surface area contributed by atoms with Crippen molar-refractivity contribution in [1.29, 1.82) is 5.26 Å². The van der Waals surface area contributed by atoms with E-state index in [0.29, 0.717) is 17.2 Å². The highest BCUT2D eigenvalue weighted by atomic mass is 35.5. The largest absolute Gasteiger partial charge is 0.463 e. The highest BCUT2D eigenvalue weighted by Gasteiger charge is 2.42. The lowest BCUT2D eigenvalue weighted by atomic mass is 9.74. The number of allylic oxidation sites excluding steroid dienone is 1. The Morgan fingerprint density at radius 3 is 2.65 bits per heavy atom. The van der Waals surface area contributed by atoms with Crippen molar-refractivity contribution >= 4 is 17.6 Å². The van der Waals surface area contributed by atoms with Crippen molar-refractivity contribution in [1.82, 2.24) is 4.90 Å². The van der Waals surface area contributed by atoms with Gasteiger partial charge in [0.05, 0.1) is 24.2 Å². The van der Waals surface area contributed by atoms with Crippen molar-refractivity contribution in [3.63, 3.8) is 0 Å². The number of hydrogen-bond donors (Lipinski definition) is 0. The van der Waals surface area contributed by atoms with Gasteiger partial charge in [-0.05, 0) is 32.4 Å². The first-order chi connectivity index (χ1) is 10.9. The molecule has 0 spiro atoms. The van der Waals surface area contributed by atoms with Crippen LogP contribution in [0, 0.1) is 17.2 Å². The molecule has 0 saturated carbocycles. The molecule has 0 bridgehead atoms. The van der Waals surface area contributed by atoms with Crippen molar-refractivity contribution in [2.24, 2.45) is 5.92 Å². The molecule has 0 fully saturated rings. The fourth-order valence-corrected chi connectivity index (χ4v) is 3.41. The predicted octanol–water partition coefficient (Wildman–Crippen LogP) is 3.73. The Morgan fingerprint density at radius 1 is 1.43 bits per heavy atom. The summed E-state index contributed by atoms with van der Waals surface area (Å²) in [6.45, 7) is 5.94. The minimum absolute atomic E-state index is 0.0283. The van der Waals surface area contributed by atoms with Gasteiger partial charge in [0, 0.05) is 29.7 Å². The number of ether oxygens (including phenoxy) is 1. The maximum Gasteiger partial charge on any atom is 0.336 e. The number of nitrogens with zero attached hydrogens (tertiary/aromatic N) is 2. The molecule has 0 amide bonds. The molecule has 1 heterocycles. The van der Waals surface area contributed by atoms with Gasteiger partial charge in [0.2, 0.25) is 0 Å². The Morgan fingerprint density at radius 2 is 2.09 bits per heavy atom. The predicted molar refractivity (Wildman–Crippen MR) is 89.9 cm³/mol. The van der Waals surface area contributed by atoms with Crippen LogP contribution in [0.2, 0.25) is 5.02 Å². The number of halogens is 1. The summed E-state index contributed by atoms with van der Waals surface area (Å²) in [5.74, 6) is -1.16. The zero-order valence-electron chi connectivity index (χ0n) is 13.8. The zero-order chi connectivity index (χ0) is 17.1. The van der Waals surface area contributed by atoms with Crippen molar-refractivity contribution in [3.8, 4) is 6.07 Å². The molecule has 1 aliphatic heterocycles. The highest BCUT2D eigenvalue weighted by Crippen LogP contribution is 2.44. The van der Waals surface area contributed by atoms with Crippen LogP contribution in [-0.2, 0) is 9.53 Å². The van der Waals surface area contributed by atoms with Crippen LogP contribution in [0.25, 0.3) is 0 Å². The number of carbonyl (C=O) groups excluding carboxylic acids is 1. The molecule has 1 aromatic rings. The van der Waals surface area contributed by atoms with E-state index in [0.717, 1.165) is 11.3 Å². The third-order valence-electron chi connectivity index (χ3n) is 4.60. The molecular weight excluding hydrogens is 312 g/mol. The van der Waals surface area contributed by atoms with Gasteiger partial charge in [0.1, 0.15) is 0 Å². The number of nitriles is 1. The van der Waals surface area contributed by atoms with Crippen molar-refractivity contribution in [3.05, 3.63) is 46.1 Å². The standard InChI is InChI=1S/C18H21ClN2O2/c1-5-23-18(22)16-12(3)21(4)11(2)14(10-20)17(16)13-8-6-7-9-15(13)19/h6-9,11,14,17H,5H2,1-4H3. The first kappa shape index (κ1) is 17.4. The Labute approximate surface area is 142 Å². The van der Waals surface area contributed by atoms with Crippen LogP contribution in [0.5, 0.6) is 0 Å². The van der Waals surface area contributed by atoms with Gasteiger partial charge in [0.25, 0.3) is 0 Å². The molecule has 3 atom stereocenters. The average Bonchev–Trinajstić information content (AvgIpc) is 2.53. The normalized spacial score (nSPS) is 24.3. The Kier molecular flexibility index (Phi) is 5.33. The van der Waals surface area contributed by atoms with E-state index in [1.54, 1.807) is 13.0 Å². The molecule has 4 nitrogen and oxygen atoms in total. The van der Waals surface area contributed by atoms with Crippen LogP contribution in [0.3, 0.4) is 0 Å². The lowest BCUT2D eigenvalue weighted by molar-refractivity contribution is -0.139. The van der Waals surface area contributed by atoms with E-state index in [2.05, 4.69) is 6.07 Å². The number of carbonyl (C=O) groups is 1. The topological polar surface area (TPSA) is 53.3 Å². The molecule has 122 valence electrons. The zero-order valence-corrected chi connectivity index (χ0v) is 14.6. The number of benzene rings is 1. The SMILES string of the molecule is CCOC(=O)C1=C(C)N(C)C(C)C(C#N)C1c1ccccc1Cl. The van der Waals surface area contributed by atoms with Crippen molar-refractivity contribution < 1.29 is 9.53 Å². The second-order valence-corrected chi connectivity index (χ2v) is 6.13.